The Bertz CT molecular complexity index is 278. The summed E-state index contributed by atoms with van der Waals surface area (Å²) < 4.78 is 5.09. The second-order valence-electron chi connectivity index (χ2n) is 3.23. The fourth-order valence-electron chi connectivity index (χ4n) is 1.35. The van der Waals surface area contributed by atoms with Gasteiger partial charge in [0.1, 0.15) is 5.82 Å². The van der Waals surface area contributed by atoms with Gasteiger partial charge in [0, 0.05) is 19.3 Å². The molecule has 0 bridgehead atoms. The van der Waals surface area contributed by atoms with E-state index >= 15 is 0 Å². The van der Waals surface area contributed by atoms with E-state index in [0.717, 1.165) is 6.42 Å². The lowest BCUT2D eigenvalue weighted by molar-refractivity contribution is 0.169. The molecule has 0 amide bonds. The van der Waals surface area contributed by atoms with Crippen molar-refractivity contribution >= 4 is 5.82 Å². The molecule has 0 aliphatic rings. The van der Waals surface area contributed by atoms with E-state index in [-0.39, 0.29) is 0 Å². The summed E-state index contributed by atoms with van der Waals surface area (Å²) in [4.78, 5) is 3.95. The predicted octanol–water partition coefficient (Wildman–Crippen LogP) is 0.441. The molecule has 1 heterocycles. The zero-order valence-electron chi connectivity index (χ0n) is 8.66. The SMILES string of the molecule is CNC(COC)Cc1ccnc(N)c1. The molecule has 0 aliphatic carbocycles. The number of ether oxygens (including phenoxy) is 1. The number of aromatic nitrogens is 1. The molecule has 14 heavy (non-hydrogen) atoms. The Labute approximate surface area is 84.5 Å². The highest BCUT2D eigenvalue weighted by Gasteiger charge is 2.06. The summed E-state index contributed by atoms with van der Waals surface area (Å²) in [7, 11) is 3.62. The minimum atomic E-state index is 0.321. The number of nitrogens with two attached hydrogens (primary N) is 1. The van der Waals surface area contributed by atoms with E-state index < -0.39 is 0 Å². The van der Waals surface area contributed by atoms with E-state index in [1.54, 1.807) is 13.3 Å². The lowest BCUT2D eigenvalue weighted by atomic mass is 10.1. The maximum atomic E-state index is 5.59. The van der Waals surface area contributed by atoms with Crippen molar-refractivity contribution in [2.75, 3.05) is 26.5 Å². The maximum absolute atomic E-state index is 5.59. The van der Waals surface area contributed by atoms with Gasteiger partial charge in [-0.3, -0.25) is 0 Å². The normalized spacial score (nSPS) is 12.7. The zero-order valence-corrected chi connectivity index (χ0v) is 8.66. The lowest BCUT2D eigenvalue weighted by Gasteiger charge is -2.14. The number of nitrogens with zero attached hydrogens (tertiary/aromatic N) is 1. The first-order chi connectivity index (χ1) is 6.76. The summed E-state index contributed by atoms with van der Waals surface area (Å²) in [6.07, 6.45) is 2.63. The molecule has 0 radical (unpaired) electrons. The molecule has 3 N–H and O–H groups in total. The van der Waals surface area contributed by atoms with Crippen molar-refractivity contribution < 1.29 is 4.74 Å². The highest BCUT2D eigenvalue weighted by Crippen LogP contribution is 2.06. The second kappa shape index (κ2) is 5.57. The Balaban J connectivity index is 2.57. The van der Waals surface area contributed by atoms with Gasteiger partial charge in [-0.1, -0.05) is 0 Å². The van der Waals surface area contributed by atoms with Gasteiger partial charge < -0.3 is 15.8 Å². The molecule has 0 fully saturated rings. The number of hydrogen-bond acceptors (Lipinski definition) is 4. The molecular weight excluding hydrogens is 178 g/mol. The summed E-state index contributed by atoms with van der Waals surface area (Å²) in [6, 6.07) is 4.18. The van der Waals surface area contributed by atoms with E-state index in [1.165, 1.54) is 5.56 Å². The number of likely N-dealkylation sites (N-methyl/N-ethyl adjacent to an activating group) is 1. The fourth-order valence-corrected chi connectivity index (χ4v) is 1.35. The van der Waals surface area contributed by atoms with Gasteiger partial charge in [0.15, 0.2) is 0 Å². The highest BCUT2D eigenvalue weighted by atomic mass is 16.5. The molecule has 4 nitrogen and oxygen atoms in total. The predicted molar refractivity (Wildman–Crippen MR) is 57.1 cm³/mol. The zero-order chi connectivity index (χ0) is 10.4. The van der Waals surface area contributed by atoms with Crippen molar-refractivity contribution in [3.63, 3.8) is 0 Å². The first-order valence-corrected chi connectivity index (χ1v) is 4.63. The molecule has 1 rings (SSSR count). The number of hydrogen-bond donors (Lipinski definition) is 2. The van der Waals surface area contributed by atoms with Crippen LogP contribution in [0.5, 0.6) is 0 Å². The first-order valence-electron chi connectivity index (χ1n) is 4.63. The van der Waals surface area contributed by atoms with Crippen LogP contribution >= 0.6 is 0 Å². The number of rotatable bonds is 5. The van der Waals surface area contributed by atoms with Crippen molar-refractivity contribution in [2.24, 2.45) is 0 Å². The van der Waals surface area contributed by atoms with Crippen molar-refractivity contribution in [2.45, 2.75) is 12.5 Å². The molecule has 0 saturated carbocycles. The topological polar surface area (TPSA) is 60.2 Å². The summed E-state index contributed by atoms with van der Waals surface area (Å²) in [5.74, 6) is 0.565. The smallest absolute Gasteiger partial charge is 0.123 e. The monoisotopic (exact) mass is 195 g/mol. The molecule has 0 aromatic carbocycles. The average Bonchev–Trinajstić information content (AvgIpc) is 2.17. The summed E-state index contributed by atoms with van der Waals surface area (Å²) >= 11 is 0. The van der Waals surface area contributed by atoms with Crippen LogP contribution in [0.25, 0.3) is 0 Å². The van der Waals surface area contributed by atoms with E-state index in [2.05, 4.69) is 10.3 Å². The molecule has 78 valence electrons. The van der Waals surface area contributed by atoms with Gasteiger partial charge in [-0.15, -0.1) is 0 Å². The Morgan fingerprint density at radius 2 is 2.43 bits per heavy atom. The third kappa shape index (κ3) is 3.32. The van der Waals surface area contributed by atoms with Crippen LogP contribution in [-0.2, 0) is 11.2 Å². The number of pyridine rings is 1. The number of methoxy groups -OCH3 is 1. The Morgan fingerprint density at radius 1 is 1.64 bits per heavy atom. The molecule has 1 aromatic heterocycles. The molecule has 4 heteroatoms. The van der Waals surface area contributed by atoms with E-state index in [4.69, 9.17) is 10.5 Å². The summed E-state index contributed by atoms with van der Waals surface area (Å²) in [6.45, 7) is 0.693. The molecule has 0 saturated heterocycles. The van der Waals surface area contributed by atoms with Crippen LogP contribution in [0.2, 0.25) is 0 Å². The van der Waals surface area contributed by atoms with Gasteiger partial charge in [0.05, 0.1) is 6.61 Å². The van der Waals surface area contributed by atoms with Crippen LogP contribution in [0.1, 0.15) is 5.56 Å². The number of anilines is 1. The van der Waals surface area contributed by atoms with Gasteiger partial charge >= 0.3 is 0 Å². The van der Waals surface area contributed by atoms with Gasteiger partial charge in [0.2, 0.25) is 0 Å². The molecule has 0 spiro atoms. The van der Waals surface area contributed by atoms with Crippen molar-refractivity contribution in [3.05, 3.63) is 23.9 Å². The Morgan fingerprint density at radius 3 is 3.00 bits per heavy atom. The fraction of sp³-hybridized carbons (Fsp3) is 0.500. The second-order valence-corrected chi connectivity index (χ2v) is 3.23. The lowest BCUT2D eigenvalue weighted by Crippen LogP contribution is -2.32. The van der Waals surface area contributed by atoms with E-state index in [9.17, 15) is 0 Å². The van der Waals surface area contributed by atoms with Crippen LogP contribution < -0.4 is 11.1 Å². The molecular formula is C10H17N3O. The van der Waals surface area contributed by atoms with Gasteiger partial charge in [-0.05, 0) is 31.2 Å². The summed E-state index contributed by atoms with van der Waals surface area (Å²) in [5.41, 5.74) is 6.76. The minimum Gasteiger partial charge on any atom is -0.384 e. The Hall–Kier alpha value is -1.13. The number of nitrogens with one attached hydrogen (secondary N) is 1. The van der Waals surface area contributed by atoms with Crippen LogP contribution in [-0.4, -0.2) is 31.8 Å². The largest absolute Gasteiger partial charge is 0.384 e. The van der Waals surface area contributed by atoms with Crippen molar-refractivity contribution in [1.29, 1.82) is 0 Å². The minimum absolute atomic E-state index is 0.321. The van der Waals surface area contributed by atoms with Crippen LogP contribution in [0, 0.1) is 0 Å². The molecule has 0 aliphatic heterocycles. The van der Waals surface area contributed by atoms with Crippen molar-refractivity contribution in [1.82, 2.24) is 10.3 Å². The maximum Gasteiger partial charge on any atom is 0.123 e. The van der Waals surface area contributed by atoms with Crippen LogP contribution in [0.4, 0.5) is 5.82 Å². The van der Waals surface area contributed by atoms with E-state index in [1.807, 2.05) is 19.2 Å². The standard InChI is InChI=1S/C10H17N3O/c1-12-9(7-14-2)5-8-3-4-13-10(11)6-8/h3-4,6,9,12H,5,7H2,1-2H3,(H2,11,13). The first kappa shape index (κ1) is 10.9. The highest BCUT2D eigenvalue weighted by molar-refractivity contribution is 5.32. The number of nitrogen functional groups attached to an aromatic ring is 1. The van der Waals surface area contributed by atoms with Gasteiger partial charge in [-0.25, -0.2) is 4.98 Å². The van der Waals surface area contributed by atoms with Crippen LogP contribution in [0.3, 0.4) is 0 Å². The Kier molecular flexibility index (Phi) is 4.35. The van der Waals surface area contributed by atoms with Gasteiger partial charge in [0.25, 0.3) is 0 Å². The molecule has 1 unspecified atom stereocenters. The quantitative estimate of drug-likeness (QED) is 0.715. The summed E-state index contributed by atoms with van der Waals surface area (Å²) in [5, 5.41) is 3.18. The van der Waals surface area contributed by atoms with E-state index in [0.29, 0.717) is 18.5 Å². The average molecular weight is 195 g/mol. The third-order valence-corrected chi connectivity index (χ3v) is 2.10. The van der Waals surface area contributed by atoms with Gasteiger partial charge in [-0.2, -0.15) is 0 Å². The molecule has 1 atom stereocenters. The van der Waals surface area contributed by atoms with Crippen LogP contribution in [0.15, 0.2) is 18.3 Å². The van der Waals surface area contributed by atoms with Crippen molar-refractivity contribution in [3.8, 4) is 0 Å². The third-order valence-electron chi connectivity index (χ3n) is 2.10. The molecule has 1 aromatic rings.